The smallest absolute Gasteiger partial charge is 0.326 e. The third-order valence-corrected chi connectivity index (χ3v) is 7.44. The second-order valence-electron chi connectivity index (χ2n) is 9.87. The Labute approximate surface area is 236 Å². The van der Waals surface area contributed by atoms with E-state index < -0.39 is 47.9 Å². The van der Waals surface area contributed by atoms with Gasteiger partial charge in [0.15, 0.2) is 0 Å². The summed E-state index contributed by atoms with van der Waals surface area (Å²) in [7, 11) is 0. The number of likely N-dealkylation sites (tertiary alicyclic amines) is 1. The predicted molar refractivity (Wildman–Crippen MR) is 152 cm³/mol. The second-order valence-corrected chi connectivity index (χ2v) is 10.2. The Hall–Kier alpha value is -4.03. The molecule has 1 aliphatic rings. The summed E-state index contributed by atoms with van der Waals surface area (Å²) >= 11 is 4.25. The maximum Gasteiger partial charge on any atom is 0.326 e. The molecule has 4 rings (SSSR count). The number of carboxylic acid groups (broad SMARTS) is 1. The Morgan fingerprint density at radius 1 is 1.05 bits per heavy atom. The van der Waals surface area contributed by atoms with Crippen molar-refractivity contribution in [3.05, 3.63) is 65.9 Å². The number of thiol groups is 1. The molecule has 7 N–H and O–H groups in total. The number of hydrogen-bond acceptors (Lipinski definition) is 7. The van der Waals surface area contributed by atoms with Gasteiger partial charge in [-0.05, 0) is 48.6 Å². The number of benzene rings is 2. The highest BCUT2D eigenvalue weighted by atomic mass is 32.1. The third kappa shape index (κ3) is 6.75. The van der Waals surface area contributed by atoms with Crippen LogP contribution in [0.25, 0.3) is 10.9 Å². The van der Waals surface area contributed by atoms with Crippen LogP contribution in [-0.2, 0) is 32.0 Å². The molecule has 3 aromatic rings. The van der Waals surface area contributed by atoms with E-state index in [1.165, 1.54) is 17.0 Å². The fourth-order valence-electron chi connectivity index (χ4n) is 4.93. The number of nitrogens with two attached hydrogens (primary N) is 1. The first kappa shape index (κ1) is 29.0. The standard InChI is InChI=1S/C28H33N5O6S/c29-20(13-17-14-30-21-5-2-1-4-19(17)21)25(35)32-23(15-40)27(37)33-11-3-6-24(33)26(36)31-22(28(38)39)12-16-7-9-18(34)10-8-16/h1-2,4-5,7-10,14,20,22-24,30,34,40H,3,6,11-13,15,29H2,(H,31,36)(H,32,35)(H,38,39). The Bertz CT molecular complexity index is 1380. The molecule has 1 aromatic heterocycles. The van der Waals surface area contributed by atoms with E-state index in [9.17, 15) is 29.4 Å². The molecule has 0 bridgehead atoms. The Kier molecular flexibility index (Phi) is 9.33. The van der Waals surface area contributed by atoms with Crippen LogP contribution in [0.15, 0.2) is 54.7 Å². The van der Waals surface area contributed by atoms with Gasteiger partial charge >= 0.3 is 5.97 Å². The molecule has 4 atom stereocenters. The molecule has 1 aliphatic heterocycles. The number of nitrogens with one attached hydrogen (secondary N) is 3. The maximum atomic E-state index is 13.4. The second kappa shape index (κ2) is 12.9. The van der Waals surface area contributed by atoms with Crippen LogP contribution >= 0.6 is 12.6 Å². The lowest BCUT2D eigenvalue weighted by molar-refractivity contribution is -0.144. The number of phenolic OH excluding ortho intramolecular Hbond substituents is 1. The summed E-state index contributed by atoms with van der Waals surface area (Å²) in [6.45, 7) is 0.286. The van der Waals surface area contributed by atoms with Crippen LogP contribution < -0.4 is 16.4 Å². The Morgan fingerprint density at radius 2 is 1.77 bits per heavy atom. The molecule has 4 unspecified atom stereocenters. The van der Waals surface area contributed by atoms with Gasteiger partial charge in [0, 0.05) is 35.8 Å². The van der Waals surface area contributed by atoms with Gasteiger partial charge in [-0.1, -0.05) is 30.3 Å². The number of rotatable bonds is 11. The fraction of sp³-hybridized carbons (Fsp3) is 0.357. The fourth-order valence-corrected chi connectivity index (χ4v) is 5.18. The highest BCUT2D eigenvalue weighted by Gasteiger charge is 2.39. The number of carboxylic acids is 1. The molecular weight excluding hydrogens is 534 g/mol. The first-order chi connectivity index (χ1) is 19.2. The molecule has 212 valence electrons. The minimum absolute atomic E-state index is 0.00561. The van der Waals surface area contributed by atoms with Gasteiger partial charge in [0.25, 0.3) is 0 Å². The summed E-state index contributed by atoms with van der Waals surface area (Å²) in [5.74, 6) is -2.76. The van der Waals surface area contributed by atoms with E-state index in [0.717, 1.165) is 16.5 Å². The highest BCUT2D eigenvalue weighted by Crippen LogP contribution is 2.21. The largest absolute Gasteiger partial charge is 0.508 e. The molecule has 0 radical (unpaired) electrons. The monoisotopic (exact) mass is 567 g/mol. The number of fused-ring (bicyclic) bond motifs is 1. The van der Waals surface area contributed by atoms with Crippen molar-refractivity contribution in [1.29, 1.82) is 0 Å². The normalized spacial score (nSPS) is 17.2. The number of phenols is 1. The van der Waals surface area contributed by atoms with Crippen LogP contribution in [0.3, 0.4) is 0 Å². The predicted octanol–water partition coefficient (Wildman–Crippen LogP) is 0.961. The van der Waals surface area contributed by atoms with Crippen molar-refractivity contribution in [2.45, 2.75) is 49.9 Å². The molecule has 1 saturated heterocycles. The highest BCUT2D eigenvalue weighted by molar-refractivity contribution is 7.80. The number of H-pyrrole nitrogens is 1. The van der Waals surface area contributed by atoms with Gasteiger partial charge < -0.3 is 36.5 Å². The number of nitrogens with zero attached hydrogens (tertiary/aromatic N) is 1. The molecule has 0 spiro atoms. The molecule has 40 heavy (non-hydrogen) atoms. The van der Waals surface area contributed by atoms with Crippen molar-refractivity contribution >= 4 is 47.2 Å². The van der Waals surface area contributed by atoms with Gasteiger partial charge in [-0.15, -0.1) is 0 Å². The molecular formula is C28H33N5O6S. The lowest BCUT2D eigenvalue weighted by atomic mass is 10.0. The summed E-state index contributed by atoms with van der Waals surface area (Å²) in [5.41, 5.74) is 8.60. The van der Waals surface area contributed by atoms with Crippen molar-refractivity contribution in [3.8, 4) is 5.75 Å². The van der Waals surface area contributed by atoms with Crippen LogP contribution in [0.5, 0.6) is 5.75 Å². The quantitative estimate of drug-likeness (QED) is 0.169. The number of hydrogen-bond donors (Lipinski definition) is 7. The number of carbonyl (C=O) groups is 4. The molecule has 0 saturated carbocycles. The average Bonchev–Trinajstić information content (AvgIpc) is 3.60. The van der Waals surface area contributed by atoms with E-state index in [0.29, 0.717) is 18.4 Å². The van der Waals surface area contributed by atoms with E-state index in [1.54, 1.807) is 18.3 Å². The molecule has 2 aromatic carbocycles. The van der Waals surface area contributed by atoms with Gasteiger partial charge in [-0.25, -0.2) is 4.79 Å². The summed E-state index contributed by atoms with van der Waals surface area (Å²) in [4.78, 5) is 55.8. The number of para-hydroxylation sites is 1. The molecule has 11 nitrogen and oxygen atoms in total. The maximum absolute atomic E-state index is 13.4. The minimum atomic E-state index is -1.22. The zero-order valence-corrected chi connectivity index (χ0v) is 22.6. The molecule has 3 amide bonds. The van der Waals surface area contributed by atoms with E-state index in [2.05, 4.69) is 28.2 Å². The lowest BCUT2D eigenvalue weighted by Gasteiger charge is -2.29. The number of carbonyl (C=O) groups excluding carboxylic acids is 3. The summed E-state index contributed by atoms with van der Waals surface area (Å²) in [5, 5.41) is 25.3. The van der Waals surface area contributed by atoms with E-state index in [1.807, 2.05) is 24.3 Å². The van der Waals surface area contributed by atoms with Crippen molar-refractivity contribution < 1.29 is 29.4 Å². The van der Waals surface area contributed by atoms with Crippen molar-refractivity contribution in [2.24, 2.45) is 5.73 Å². The molecule has 12 heteroatoms. The van der Waals surface area contributed by atoms with Gasteiger partial charge in [0.1, 0.15) is 23.9 Å². The first-order valence-corrected chi connectivity index (χ1v) is 13.6. The lowest BCUT2D eigenvalue weighted by Crippen LogP contribution is -2.57. The SMILES string of the molecule is NC(Cc1c[nH]c2ccccc12)C(=O)NC(CS)C(=O)N1CCCC1C(=O)NC(Cc1ccc(O)cc1)C(=O)O. The van der Waals surface area contributed by atoms with E-state index in [-0.39, 0.29) is 30.9 Å². The summed E-state index contributed by atoms with van der Waals surface area (Å²) in [6.07, 6.45) is 2.98. The number of aromatic amines is 1. The van der Waals surface area contributed by atoms with Gasteiger partial charge in [0.05, 0.1) is 6.04 Å². The van der Waals surface area contributed by atoms with Crippen LogP contribution in [0.1, 0.15) is 24.0 Å². The minimum Gasteiger partial charge on any atom is -0.508 e. The first-order valence-electron chi connectivity index (χ1n) is 13.0. The van der Waals surface area contributed by atoms with Crippen molar-refractivity contribution in [2.75, 3.05) is 12.3 Å². The van der Waals surface area contributed by atoms with E-state index >= 15 is 0 Å². The van der Waals surface area contributed by atoms with Crippen LogP contribution in [-0.4, -0.2) is 80.3 Å². The van der Waals surface area contributed by atoms with Crippen molar-refractivity contribution in [3.63, 3.8) is 0 Å². The number of aliphatic carboxylic acids is 1. The molecule has 0 aliphatic carbocycles. The van der Waals surface area contributed by atoms with Crippen LogP contribution in [0.2, 0.25) is 0 Å². The summed E-state index contributed by atoms with van der Waals surface area (Å²) in [6, 6.07) is 9.66. The van der Waals surface area contributed by atoms with Crippen molar-refractivity contribution in [1.82, 2.24) is 20.5 Å². The zero-order chi connectivity index (χ0) is 28.8. The third-order valence-electron chi connectivity index (χ3n) is 7.08. The average molecular weight is 568 g/mol. The summed E-state index contributed by atoms with van der Waals surface area (Å²) < 4.78 is 0. The van der Waals surface area contributed by atoms with Crippen LogP contribution in [0.4, 0.5) is 0 Å². The number of aromatic hydroxyl groups is 1. The molecule has 1 fully saturated rings. The zero-order valence-electron chi connectivity index (χ0n) is 21.7. The molecule has 2 heterocycles. The number of aromatic nitrogens is 1. The van der Waals surface area contributed by atoms with Gasteiger partial charge in [-0.3, -0.25) is 14.4 Å². The van der Waals surface area contributed by atoms with Crippen LogP contribution in [0, 0.1) is 0 Å². The van der Waals surface area contributed by atoms with Gasteiger partial charge in [-0.2, -0.15) is 12.6 Å². The Balaban J connectivity index is 1.37. The Morgan fingerprint density at radius 3 is 2.48 bits per heavy atom. The number of amides is 3. The topological polar surface area (TPSA) is 178 Å². The van der Waals surface area contributed by atoms with E-state index in [4.69, 9.17) is 5.73 Å². The van der Waals surface area contributed by atoms with Gasteiger partial charge in [0.2, 0.25) is 17.7 Å².